The molecule has 18 heavy (non-hydrogen) atoms. The summed E-state index contributed by atoms with van der Waals surface area (Å²) in [6.07, 6.45) is 3.46. The molecule has 0 radical (unpaired) electrons. The van der Waals surface area contributed by atoms with Gasteiger partial charge in [-0.2, -0.15) is 0 Å². The van der Waals surface area contributed by atoms with Gasteiger partial charge in [0, 0.05) is 12.6 Å². The molecule has 0 N–H and O–H groups in total. The van der Waals surface area contributed by atoms with E-state index in [9.17, 15) is 4.79 Å². The molecule has 0 saturated carbocycles. The zero-order chi connectivity index (χ0) is 13.3. The minimum atomic E-state index is 0.313. The Morgan fingerprint density at radius 3 is 2.67 bits per heavy atom. The molecule has 1 aromatic rings. The molecule has 0 aliphatic carbocycles. The van der Waals surface area contributed by atoms with Crippen molar-refractivity contribution in [3.8, 4) is 0 Å². The SMILES string of the molecule is CC1CCC(C)N(c2nc(C(C)C)c(C=O)s2)C1. The normalized spacial score (nSPS) is 24.6. The molecule has 2 unspecified atom stereocenters. The third-order valence-corrected chi connectivity index (χ3v) is 4.72. The van der Waals surface area contributed by atoms with Crippen molar-refractivity contribution in [3.05, 3.63) is 10.6 Å². The largest absolute Gasteiger partial charge is 0.345 e. The number of nitrogens with zero attached hydrogens (tertiary/aromatic N) is 2. The lowest BCUT2D eigenvalue weighted by Crippen LogP contribution is -2.41. The minimum absolute atomic E-state index is 0.313. The molecule has 1 saturated heterocycles. The molecule has 0 amide bonds. The summed E-state index contributed by atoms with van der Waals surface area (Å²) in [5.41, 5.74) is 0.954. The first kappa shape index (κ1) is 13.5. The topological polar surface area (TPSA) is 33.2 Å². The van der Waals surface area contributed by atoms with Gasteiger partial charge in [-0.1, -0.05) is 32.1 Å². The number of aldehydes is 1. The molecule has 3 nitrogen and oxygen atoms in total. The number of carbonyl (C=O) groups is 1. The van der Waals surface area contributed by atoms with Crippen LogP contribution in [-0.2, 0) is 0 Å². The molecule has 2 heterocycles. The first-order valence-electron chi connectivity index (χ1n) is 6.75. The predicted octanol–water partition coefficient (Wildman–Crippen LogP) is 3.70. The van der Waals surface area contributed by atoms with Gasteiger partial charge in [0.1, 0.15) is 0 Å². The second kappa shape index (κ2) is 5.39. The second-order valence-electron chi connectivity index (χ2n) is 5.70. The van der Waals surface area contributed by atoms with E-state index in [1.807, 2.05) is 0 Å². The molecule has 1 fully saturated rings. The summed E-state index contributed by atoms with van der Waals surface area (Å²) in [5, 5.41) is 1.03. The highest BCUT2D eigenvalue weighted by atomic mass is 32.1. The van der Waals surface area contributed by atoms with E-state index in [4.69, 9.17) is 4.98 Å². The smallest absolute Gasteiger partial charge is 0.186 e. The lowest BCUT2D eigenvalue weighted by Gasteiger charge is -2.36. The van der Waals surface area contributed by atoms with Crippen LogP contribution in [0.4, 0.5) is 5.13 Å². The minimum Gasteiger partial charge on any atom is -0.345 e. The van der Waals surface area contributed by atoms with E-state index in [-0.39, 0.29) is 0 Å². The van der Waals surface area contributed by atoms with Crippen molar-refractivity contribution >= 4 is 22.8 Å². The van der Waals surface area contributed by atoms with Gasteiger partial charge in [-0.25, -0.2) is 4.98 Å². The molecule has 0 bridgehead atoms. The van der Waals surface area contributed by atoms with Crippen LogP contribution in [-0.4, -0.2) is 23.9 Å². The lowest BCUT2D eigenvalue weighted by molar-refractivity contribution is 0.112. The molecule has 1 aromatic heterocycles. The number of anilines is 1. The van der Waals surface area contributed by atoms with Crippen LogP contribution in [0.3, 0.4) is 0 Å². The monoisotopic (exact) mass is 266 g/mol. The van der Waals surface area contributed by atoms with Crippen molar-refractivity contribution in [1.82, 2.24) is 4.98 Å². The van der Waals surface area contributed by atoms with E-state index in [1.54, 1.807) is 11.3 Å². The number of hydrogen-bond acceptors (Lipinski definition) is 4. The Bertz CT molecular complexity index is 427. The van der Waals surface area contributed by atoms with Crippen LogP contribution < -0.4 is 4.90 Å². The summed E-state index contributed by atoms with van der Waals surface area (Å²) < 4.78 is 0. The Morgan fingerprint density at radius 2 is 2.11 bits per heavy atom. The summed E-state index contributed by atoms with van der Waals surface area (Å²) >= 11 is 1.55. The zero-order valence-electron chi connectivity index (χ0n) is 11.6. The van der Waals surface area contributed by atoms with Gasteiger partial charge in [-0.15, -0.1) is 0 Å². The number of aromatic nitrogens is 1. The first-order valence-corrected chi connectivity index (χ1v) is 7.57. The van der Waals surface area contributed by atoms with Gasteiger partial charge < -0.3 is 4.90 Å². The summed E-state index contributed by atoms with van der Waals surface area (Å²) in [6, 6.07) is 0.534. The zero-order valence-corrected chi connectivity index (χ0v) is 12.5. The van der Waals surface area contributed by atoms with Crippen molar-refractivity contribution in [2.24, 2.45) is 5.92 Å². The molecule has 0 aromatic carbocycles. The fourth-order valence-electron chi connectivity index (χ4n) is 2.51. The van der Waals surface area contributed by atoms with Crippen LogP contribution in [0.5, 0.6) is 0 Å². The highest BCUT2D eigenvalue weighted by molar-refractivity contribution is 7.17. The summed E-state index contributed by atoms with van der Waals surface area (Å²) in [7, 11) is 0. The van der Waals surface area contributed by atoms with Crippen molar-refractivity contribution in [1.29, 1.82) is 0 Å². The van der Waals surface area contributed by atoms with Crippen molar-refractivity contribution < 1.29 is 4.79 Å². The molecular weight excluding hydrogens is 244 g/mol. The average Bonchev–Trinajstić information content (AvgIpc) is 2.76. The standard InChI is InChI=1S/C14H22N2OS/c1-9(2)13-12(8-17)18-14(15-13)16-7-10(3)5-6-11(16)4/h8-11H,5-7H2,1-4H3. The van der Waals surface area contributed by atoms with Gasteiger partial charge in [-0.3, -0.25) is 4.79 Å². The molecule has 100 valence electrons. The van der Waals surface area contributed by atoms with Crippen LogP contribution >= 0.6 is 11.3 Å². The van der Waals surface area contributed by atoms with Gasteiger partial charge in [0.25, 0.3) is 0 Å². The number of piperidine rings is 1. The van der Waals surface area contributed by atoms with Crippen molar-refractivity contribution in [2.45, 2.75) is 52.5 Å². The highest BCUT2D eigenvalue weighted by Crippen LogP contribution is 2.34. The van der Waals surface area contributed by atoms with Crippen molar-refractivity contribution in [2.75, 3.05) is 11.4 Å². The lowest BCUT2D eigenvalue weighted by atomic mass is 9.96. The third kappa shape index (κ3) is 2.58. The van der Waals surface area contributed by atoms with Gasteiger partial charge >= 0.3 is 0 Å². The second-order valence-corrected chi connectivity index (χ2v) is 6.71. The maximum Gasteiger partial charge on any atom is 0.186 e. The molecule has 0 spiro atoms. The van der Waals surface area contributed by atoms with Gasteiger partial charge in [0.05, 0.1) is 10.6 Å². The molecular formula is C14H22N2OS. The van der Waals surface area contributed by atoms with E-state index in [0.29, 0.717) is 17.9 Å². The van der Waals surface area contributed by atoms with Crippen LogP contribution in [0, 0.1) is 5.92 Å². The Balaban J connectivity index is 2.29. The van der Waals surface area contributed by atoms with E-state index in [0.717, 1.165) is 28.5 Å². The van der Waals surface area contributed by atoms with Crippen molar-refractivity contribution in [3.63, 3.8) is 0 Å². The maximum absolute atomic E-state index is 11.1. The fourth-order valence-corrected chi connectivity index (χ4v) is 3.65. The van der Waals surface area contributed by atoms with E-state index in [2.05, 4.69) is 32.6 Å². The molecule has 1 aliphatic heterocycles. The van der Waals surface area contributed by atoms with E-state index < -0.39 is 0 Å². The summed E-state index contributed by atoms with van der Waals surface area (Å²) in [5.74, 6) is 1.03. The molecule has 2 rings (SSSR count). The Hall–Kier alpha value is -0.900. The Labute approximate surface area is 113 Å². The summed E-state index contributed by atoms with van der Waals surface area (Å²) in [4.78, 5) is 19.0. The predicted molar refractivity (Wildman–Crippen MR) is 76.8 cm³/mol. The summed E-state index contributed by atoms with van der Waals surface area (Å²) in [6.45, 7) is 9.78. The quantitative estimate of drug-likeness (QED) is 0.782. The Kier molecular flexibility index (Phi) is 4.05. The van der Waals surface area contributed by atoms with Crippen LogP contribution in [0.2, 0.25) is 0 Å². The average molecular weight is 266 g/mol. The van der Waals surface area contributed by atoms with Crippen LogP contribution in [0.1, 0.15) is 61.8 Å². The van der Waals surface area contributed by atoms with Gasteiger partial charge in [0.15, 0.2) is 11.4 Å². The first-order chi connectivity index (χ1) is 8.52. The van der Waals surface area contributed by atoms with Crippen LogP contribution in [0.15, 0.2) is 0 Å². The Morgan fingerprint density at radius 1 is 1.39 bits per heavy atom. The third-order valence-electron chi connectivity index (χ3n) is 3.69. The number of thiazole rings is 1. The van der Waals surface area contributed by atoms with E-state index in [1.165, 1.54) is 12.8 Å². The van der Waals surface area contributed by atoms with Crippen LogP contribution in [0.25, 0.3) is 0 Å². The molecule has 4 heteroatoms. The molecule has 1 aliphatic rings. The maximum atomic E-state index is 11.1. The van der Waals surface area contributed by atoms with Gasteiger partial charge in [-0.05, 0) is 31.6 Å². The number of carbonyl (C=O) groups excluding carboxylic acids is 1. The van der Waals surface area contributed by atoms with Gasteiger partial charge in [0.2, 0.25) is 0 Å². The number of hydrogen-bond donors (Lipinski definition) is 0. The fraction of sp³-hybridized carbons (Fsp3) is 0.714. The van der Waals surface area contributed by atoms with E-state index >= 15 is 0 Å². The number of rotatable bonds is 3. The molecule has 2 atom stereocenters. The highest BCUT2D eigenvalue weighted by Gasteiger charge is 2.26.